The van der Waals surface area contributed by atoms with E-state index in [1.807, 2.05) is 18.3 Å². The van der Waals surface area contributed by atoms with Gasteiger partial charge in [0.25, 0.3) is 0 Å². The van der Waals surface area contributed by atoms with Crippen molar-refractivity contribution in [3.8, 4) is 0 Å². The maximum absolute atomic E-state index is 13.5. The number of hydrogen-bond acceptors (Lipinski definition) is 2. The molecule has 0 saturated carbocycles. The van der Waals surface area contributed by atoms with E-state index in [1.54, 1.807) is 10.6 Å². The Morgan fingerprint density at radius 3 is 2.63 bits per heavy atom. The predicted molar refractivity (Wildman–Crippen MR) is 105 cm³/mol. The van der Waals surface area contributed by atoms with E-state index in [2.05, 4.69) is 34.5 Å². The first kappa shape index (κ1) is 17.7. The second-order valence-corrected chi connectivity index (χ2v) is 7.25. The van der Waals surface area contributed by atoms with Crippen LogP contribution in [-0.4, -0.2) is 34.5 Å². The summed E-state index contributed by atoms with van der Waals surface area (Å²) in [5.41, 5.74) is 2.08. The first-order valence-corrected chi connectivity index (χ1v) is 9.47. The lowest BCUT2D eigenvalue weighted by atomic mass is 10.0. The number of benzene rings is 2. The third-order valence-corrected chi connectivity index (χ3v) is 5.25. The van der Waals surface area contributed by atoms with E-state index in [1.165, 1.54) is 17.7 Å². The lowest BCUT2D eigenvalue weighted by Crippen LogP contribution is -2.45. The van der Waals surface area contributed by atoms with Crippen LogP contribution in [0.4, 0.5) is 4.39 Å². The van der Waals surface area contributed by atoms with E-state index in [4.69, 9.17) is 0 Å². The summed E-state index contributed by atoms with van der Waals surface area (Å²) in [4.78, 5) is 14.9. The van der Waals surface area contributed by atoms with Crippen molar-refractivity contribution in [2.75, 3.05) is 13.1 Å². The van der Waals surface area contributed by atoms with Crippen molar-refractivity contribution < 1.29 is 9.18 Å². The fraction of sp³-hybridized carbons (Fsp3) is 0.318. The van der Waals surface area contributed by atoms with Crippen molar-refractivity contribution in [1.82, 2.24) is 14.8 Å². The maximum atomic E-state index is 13.5. The van der Waals surface area contributed by atoms with E-state index >= 15 is 0 Å². The topological polar surface area (TPSA) is 37.3 Å². The number of carbonyl (C=O) groups is 1. The number of hydrogen-bond donors (Lipinski definition) is 1. The van der Waals surface area contributed by atoms with Crippen LogP contribution < -0.4 is 5.32 Å². The van der Waals surface area contributed by atoms with E-state index in [0.717, 1.165) is 43.4 Å². The van der Waals surface area contributed by atoms with Crippen molar-refractivity contribution in [2.45, 2.75) is 32.0 Å². The molecule has 1 aliphatic rings. The summed E-state index contributed by atoms with van der Waals surface area (Å²) in [6.45, 7) is 3.15. The van der Waals surface area contributed by atoms with Gasteiger partial charge >= 0.3 is 0 Å². The van der Waals surface area contributed by atoms with Crippen molar-refractivity contribution in [1.29, 1.82) is 0 Å². The molecule has 0 aliphatic carbocycles. The van der Waals surface area contributed by atoms with Gasteiger partial charge in [-0.1, -0.05) is 30.3 Å². The largest absolute Gasteiger partial charge is 0.352 e. The number of likely N-dealkylation sites (tertiary alicyclic amines) is 1. The zero-order valence-corrected chi connectivity index (χ0v) is 15.3. The van der Waals surface area contributed by atoms with Gasteiger partial charge in [0.2, 0.25) is 5.91 Å². The Kier molecular flexibility index (Phi) is 5.21. The molecule has 1 fully saturated rings. The first-order valence-electron chi connectivity index (χ1n) is 9.47. The van der Waals surface area contributed by atoms with Gasteiger partial charge < -0.3 is 9.88 Å². The van der Waals surface area contributed by atoms with Gasteiger partial charge in [-0.2, -0.15) is 0 Å². The van der Waals surface area contributed by atoms with Crippen molar-refractivity contribution in [3.05, 3.63) is 72.2 Å². The standard InChI is InChI=1S/C22H24FN3O/c23-19-7-6-18-8-13-26(21(18)14-19)16-22(27)24-20-9-11-25(12-10-20)15-17-4-2-1-3-5-17/h1-8,13-14,20H,9-12,15-16H2,(H,24,27). The van der Waals surface area contributed by atoms with Crippen molar-refractivity contribution >= 4 is 16.8 Å². The second kappa shape index (κ2) is 7.92. The third-order valence-electron chi connectivity index (χ3n) is 5.25. The molecule has 0 unspecified atom stereocenters. The number of piperidine rings is 1. The fourth-order valence-corrected chi connectivity index (χ4v) is 3.80. The Balaban J connectivity index is 1.28. The van der Waals surface area contributed by atoms with Crippen LogP contribution in [-0.2, 0) is 17.9 Å². The fourth-order valence-electron chi connectivity index (χ4n) is 3.80. The number of carbonyl (C=O) groups excluding carboxylic acids is 1. The zero-order valence-electron chi connectivity index (χ0n) is 15.3. The minimum absolute atomic E-state index is 0.0155. The molecule has 0 radical (unpaired) electrons. The highest BCUT2D eigenvalue weighted by molar-refractivity contribution is 5.83. The summed E-state index contributed by atoms with van der Waals surface area (Å²) < 4.78 is 15.3. The van der Waals surface area contributed by atoms with Crippen LogP contribution in [0.2, 0.25) is 0 Å². The van der Waals surface area contributed by atoms with Gasteiger partial charge in [0.05, 0.1) is 5.52 Å². The molecule has 0 atom stereocenters. The van der Waals surface area contributed by atoms with Gasteiger partial charge in [0.1, 0.15) is 12.4 Å². The number of aromatic nitrogens is 1. The van der Waals surface area contributed by atoms with Crippen molar-refractivity contribution in [3.63, 3.8) is 0 Å². The molecule has 27 heavy (non-hydrogen) atoms. The molecule has 1 N–H and O–H groups in total. The summed E-state index contributed by atoms with van der Waals surface area (Å²) in [5, 5.41) is 4.08. The molecule has 2 heterocycles. The smallest absolute Gasteiger partial charge is 0.240 e. The normalized spacial score (nSPS) is 15.9. The van der Waals surface area contributed by atoms with E-state index < -0.39 is 0 Å². The molecule has 1 saturated heterocycles. The molecule has 1 aromatic heterocycles. The number of amides is 1. The zero-order chi connectivity index (χ0) is 18.6. The summed E-state index contributed by atoms with van der Waals surface area (Å²) in [6.07, 6.45) is 3.76. The predicted octanol–water partition coefficient (Wildman–Crippen LogP) is 3.56. The highest BCUT2D eigenvalue weighted by atomic mass is 19.1. The highest BCUT2D eigenvalue weighted by Crippen LogP contribution is 2.17. The Labute approximate surface area is 158 Å². The number of fused-ring (bicyclic) bond motifs is 1. The van der Waals surface area contributed by atoms with Crippen LogP contribution >= 0.6 is 0 Å². The Morgan fingerprint density at radius 1 is 1.07 bits per heavy atom. The average Bonchev–Trinajstić information content (AvgIpc) is 3.06. The van der Waals surface area contributed by atoms with Gasteiger partial charge in [-0.15, -0.1) is 0 Å². The van der Waals surface area contributed by atoms with Gasteiger partial charge in [-0.05, 0) is 48.1 Å². The van der Waals surface area contributed by atoms with Gasteiger partial charge in [0, 0.05) is 31.9 Å². The molecule has 4 rings (SSSR count). The first-order chi connectivity index (χ1) is 13.2. The van der Waals surface area contributed by atoms with E-state index in [-0.39, 0.29) is 24.3 Å². The summed E-state index contributed by atoms with van der Waals surface area (Å²) in [7, 11) is 0. The lowest BCUT2D eigenvalue weighted by Gasteiger charge is -2.32. The summed E-state index contributed by atoms with van der Waals surface area (Å²) in [6, 6.07) is 17.2. The molecular formula is C22H24FN3O. The maximum Gasteiger partial charge on any atom is 0.240 e. The molecule has 0 bridgehead atoms. The quantitative estimate of drug-likeness (QED) is 0.751. The van der Waals surface area contributed by atoms with E-state index in [9.17, 15) is 9.18 Å². The van der Waals surface area contributed by atoms with Crippen LogP contribution in [0.1, 0.15) is 18.4 Å². The van der Waals surface area contributed by atoms with E-state index in [0.29, 0.717) is 0 Å². The van der Waals surface area contributed by atoms with Gasteiger partial charge in [-0.25, -0.2) is 4.39 Å². The number of nitrogens with zero attached hydrogens (tertiary/aromatic N) is 2. The van der Waals surface area contributed by atoms with Crippen LogP contribution in [0.3, 0.4) is 0 Å². The summed E-state index contributed by atoms with van der Waals surface area (Å²) in [5.74, 6) is -0.299. The van der Waals surface area contributed by atoms with Crippen LogP contribution in [0.25, 0.3) is 10.9 Å². The molecular weight excluding hydrogens is 341 g/mol. The average molecular weight is 365 g/mol. The molecule has 1 amide bonds. The lowest BCUT2D eigenvalue weighted by molar-refractivity contribution is -0.122. The molecule has 5 heteroatoms. The monoisotopic (exact) mass is 365 g/mol. The number of nitrogens with one attached hydrogen (secondary N) is 1. The Hall–Kier alpha value is -2.66. The number of halogens is 1. The van der Waals surface area contributed by atoms with Crippen LogP contribution in [0.5, 0.6) is 0 Å². The second-order valence-electron chi connectivity index (χ2n) is 7.25. The highest BCUT2D eigenvalue weighted by Gasteiger charge is 2.21. The van der Waals surface area contributed by atoms with Crippen molar-refractivity contribution in [2.24, 2.45) is 0 Å². The SMILES string of the molecule is O=C(Cn1ccc2ccc(F)cc21)NC1CCN(Cc2ccccc2)CC1. The van der Waals surface area contributed by atoms with Gasteiger partial charge in [0.15, 0.2) is 0 Å². The minimum Gasteiger partial charge on any atom is -0.352 e. The van der Waals surface area contributed by atoms with Crippen LogP contribution in [0.15, 0.2) is 60.8 Å². The Morgan fingerprint density at radius 2 is 1.85 bits per heavy atom. The molecule has 0 spiro atoms. The molecule has 4 nitrogen and oxygen atoms in total. The molecule has 2 aromatic carbocycles. The van der Waals surface area contributed by atoms with Crippen LogP contribution in [0, 0.1) is 5.82 Å². The molecule has 3 aromatic rings. The third kappa shape index (κ3) is 4.37. The molecule has 1 aliphatic heterocycles. The Bertz CT molecular complexity index is 914. The molecule has 140 valence electrons. The number of rotatable bonds is 5. The minimum atomic E-state index is -0.284. The summed E-state index contributed by atoms with van der Waals surface area (Å²) >= 11 is 0. The van der Waals surface area contributed by atoms with Gasteiger partial charge in [-0.3, -0.25) is 9.69 Å².